The second-order valence-electron chi connectivity index (χ2n) is 8.42. The lowest BCUT2D eigenvalue weighted by atomic mass is 10.1. The number of aliphatic hydroxyl groups excluding tert-OH is 2. The fourth-order valence-electron chi connectivity index (χ4n) is 3.57. The predicted octanol–water partition coefficient (Wildman–Crippen LogP) is -2.33. The second kappa shape index (κ2) is 13.5. The van der Waals surface area contributed by atoms with Crippen molar-refractivity contribution >= 4 is 53.3 Å². The minimum absolute atomic E-state index is 0.0539. The van der Waals surface area contributed by atoms with Crippen molar-refractivity contribution in [3.8, 4) is 0 Å². The molecule has 1 aromatic heterocycles. The number of nitrogens with two attached hydrogens (primary N) is 2. The number of nitrogens with zero attached hydrogens (tertiary/aromatic N) is 3. The van der Waals surface area contributed by atoms with Gasteiger partial charge in [0.15, 0.2) is 6.23 Å². The Labute approximate surface area is 234 Å². The molecule has 0 bridgehead atoms. The summed E-state index contributed by atoms with van der Waals surface area (Å²) in [6.45, 7) is 0. The van der Waals surface area contributed by atoms with Crippen molar-refractivity contribution in [2.45, 2.75) is 49.3 Å². The molecule has 9 atom stereocenters. The summed E-state index contributed by atoms with van der Waals surface area (Å²) in [5.41, 5.74) is 11.6. The van der Waals surface area contributed by atoms with Gasteiger partial charge in [-0.2, -0.15) is 20.7 Å². The van der Waals surface area contributed by atoms with Crippen molar-refractivity contribution in [2.75, 3.05) is 16.8 Å². The first-order valence-electron chi connectivity index (χ1n) is 11.2. The molecule has 13 N–H and O–H groups in total. The second-order valence-corrected chi connectivity index (χ2v) is 13.8. The number of aromatic nitrogens is 2. The van der Waals surface area contributed by atoms with Crippen LogP contribution in [0.15, 0.2) is 11.3 Å². The summed E-state index contributed by atoms with van der Waals surface area (Å²) < 4.78 is 55.1. The van der Waals surface area contributed by atoms with Crippen molar-refractivity contribution in [3.63, 3.8) is 0 Å². The molecular weight excluding hydrogens is 643 g/mol. The van der Waals surface area contributed by atoms with Crippen LogP contribution in [0.25, 0.3) is 0 Å². The maximum atomic E-state index is 12.6. The quantitative estimate of drug-likeness (QED) is 0.0528. The van der Waals surface area contributed by atoms with Crippen LogP contribution in [0.3, 0.4) is 0 Å². The van der Waals surface area contributed by atoms with Gasteiger partial charge < -0.3 is 56.4 Å². The lowest BCUT2D eigenvalue weighted by Gasteiger charge is -2.27. The first kappa shape index (κ1) is 34.2. The summed E-state index contributed by atoms with van der Waals surface area (Å²) in [4.78, 5) is 56.1. The van der Waals surface area contributed by atoms with Gasteiger partial charge >= 0.3 is 29.4 Å². The van der Waals surface area contributed by atoms with E-state index in [9.17, 15) is 38.5 Å². The number of rotatable bonds is 15. The van der Waals surface area contributed by atoms with Crippen molar-refractivity contribution in [3.05, 3.63) is 12.0 Å². The number of carbonyl (C=O) groups is 1. The number of imidazole rings is 1. The monoisotopic (exact) mass is 671 g/mol. The number of ether oxygens (including phenoxy) is 1. The Morgan fingerprint density at radius 3 is 2.54 bits per heavy atom. The van der Waals surface area contributed by atoms with E-state index >= 15 is 0 Å². The minimum Gasteiger partial charge on any atom is -0.480 e. The summed E-state index contributed by atoms with van der Waals surface area (Å²) in [5, 5.41) is 34.1. The van der Waals surface area contributed by atoms with Crippen LogP contribution < -0.4 is 22.0 Å². The topological polar surface area (TPSA) is 353 Å². The van der Waals surface area contributed by atoms with E-state index in [1.165, 1.54) is 17.2 Å². The molecule has 1 aromatic rings. The number of aliphatic hydroxyl groups is 2. The van der Waals surface area contributed by atoms with E-state index in [0.717, 1.165) is 17.0 Å². The standard InChI is InChI=1S/C15H28N7O15P3S/c16-6(15(25)26)1-2-41-3-7(35-39(30,31)37-40(32,33)36-21-38(27,28)29)11-9(23)10(24)14(34-11)22-5-20-8-12(17)18-4-19-13(8)22/h4-7,9-12,14,23-24H,1-3,16-17H2,(H,18,19)(H,25,26)(H,30,31)(H,32,33)(H3,21,27,28,29)/t6?,7-,9+,10-,11-,12?,14?/m1/s1. The number of thioether (sulfide) groups is 1. The molecule has 41 heavy (non-hydrogen) atoms. The van der Waals surface area contributed by atoms with E-state index < -0.39 is 72.2 Å². The zero-order valence-electron chi connectivity index (χ0n) is 20.5. The van der Waals surface area contributed by atoms with E-state index in [-0.39, 0.29) is 29.4 Å². The number of fused-ring (bicyclic) bond motifs is 1. The van der Waals surface area contributed by atoms with Crippen LogP contribution >= 0.6 is 35.2 Å². The Hall–Kier alpha value is -1.33. The molecule has 2 aliphatic heterocycles. The summed E-state index contributed by atoms with van der Waals surface area (Å²) in [7, 11) is -16.5. The van der Waals surface area contributed by atoms with Crippen LogP contribution in [-0.4, -0.2) is 98.7 Å². The van der Waals surface area contributed by atoms with E-state index in [4.69, 9.17) is 35.6 Å². The molecule has 22 nitrogen and oxygen atoms in total. The lowest BCUT2D eigenvalue weighted by Crippen LogP contribution is -2.41. The van der Waals surface area contributed by atoms with Gasteiger partial charge in [-0.1, -0.05) is 5.25 Å². The molecule has 0 amide bonds. The van der Waals surface area contributed by atoms with E-state index in [2.05, 4.69) is 24.2 Å². The largest absolute Gasteiger partial charge is 0.498 e. The Kier molecular flexibility index (Phi) is 11.3. The highest BCUT2D eigenvalue weighted by Crippen LogP contribution is 2.61. The van der Waals surface area contributed by atoms with E-state index in [1.807, 2.05) is 0 Å². The van der Waals surface area contributed by atoms with Gasteiger partial charge in [-0.15, -0.1) is 0 Å². The number of phosphoric ester groups is 1. The van der Waals surface area contributed by atoms with Gasteiger partial charge in [-0.3, -0.25) is 18.9 Å². The molecule has 0 aliphatic carbocycles. The molecule has 26 heteroatoms. The molecule has 1 fully saturated rings. The number of carboxylic acid groups (broad SMARTS) is 1. The average Bonchev–Trinajstić information content (AvgIpc) is 3.40. The molecule has 234 valence electrons. The third-order valence-corrected chi connectivity index (χ3v) is 9.45. The highest BCUT2D eigenvalue weighted by molar-refractivity contribution is 7.99. The fraction of sp³-hybridized carbons (Fsp3) is 0.667. The van der Waals surface area contributed by atoms with E-state index in [1.54, 1.807) is 0 Å². The Morgan fingerprint density at radius 2 is 1.90 bits per heavy atom. The molecule has 0 saturated carbocycles. The lowest BCUT2D eigenvalue weighted by molar-refractivity contribution is -0.138. The number of anilines is 1. The minimum atomic E-state index is -5.68. The van der Waals surface area contributed by atoms with Crippen LogP contribution in [0.5, 0.6) is 0 Å². The molecule has 1 saturated heterocycles. The highest BCUT2D eigenvalue weighted by Gasteiger charge is 2.51. The van der Waals surface area contributed by atoms with Crippen LogP contribution in [0, 0.1) is 0 Å². The third kappa shape index (κ3) is 9.33. The number of carboxylic acids is 1. The fourth-order valence-corrected chi connectivity index (χ4v) is 7.45. The number of aliphatic imine (C=N–C) groups is 1. The SMILES string of the molecule is NC(CCSC[C@@H](OP(=O)(O)OP(=O)(O)ONP(=O)(O)O)[C@H]1OC(n2cnc3c2NC=NC3N)[C@H](O)[C@@H]1O)C(=O)O. The van der Waals surface area contributed by atoms with Crippen LogP contribution in [0.4, 0.5) is 5.82 Å². The smallest absolute Gasteiger partial charge is 0.480 e. The summed E-state index contributed by atoms with van der Waals surface area (Å²) in [6.07, 6.45) is -6.58. The van der Waals surface area contributed by atoms with E-state index in [0.29, 0.717) is 0 Å². The number of aliphatic carboxylic acids is 1. The van der Waals surface area contributed by atoms with Gasteiger partial charge in [-0.25, -0.2) is 18.7 Å². The van der Waals surface area contributed by atoms with Crippen molar-refractivity contribution in [1.82, 2.24) is 14.8 Å². The molecule has 0 spiro atoms. The molecule has 3 heterocycles. The van der Waals surface area contributed by atoms with Crippen LogP contribution in [-0.2, 0) is 36.7 Å². The van der Waals surface area contributed by atoms with Gasteiger partial charge in [0.1, 0.15) is 48.1 Å². The summed E-state index contributed by atoms with van der Waals surface area (Å²) in [6, 6.07) is -1.23. The molecule has 3 rings (SSSR count). The van der Waals surface area contributed by atoms with Crippen molar-refractivity contribution < 1.29 is 71.6 Å². The number of hydrogen-bond donors (Lipinski definition) is 11. The molecule has 0 aromatic carbocycles. The molecule has 5 unspecified atom stereocenters. The van der Waals surface area contributed by atoms with Gasteiger partial charge in [0.2, 0.25) is 0 Å². The summed E-state index contributed by atoms with van der Waals surface area (Å²) in [5.74, 6) is -1.32. The Balaban J connectivity index is 1.79. The van der Waals surface area contributed by atoms with Gasteiger partial charge in [0, 0.05) is 5.75 Å². The van der Waals surface area contributed by atoms with Gasteiger partial charge in [-0.05, 0) is 12.2 Å². The normalized spacial score (nSPS) is 28.7. The summed E-state index contributed by atoms with van der Waals surface area (Å²) >= 11 is 0.919. The first-order valence-corrected chi connectivity index (χ1v) is 16.9. The number of hydrogen-bond acceptors (Lipinski definition) is 16. The van der Waals surface area contributed by atoms with Gasteiger partial charge in [0.25, 0.3) is 0 Å². The molecule has 0 radical (unpaired) electrons. The zero-order valence-corrected chi connectivity index (χ0v) is 24.0. The van der Waals surface area contributed by atoms with Gasteiger partial charge in [0.05, 0.1) is 12.7 Å². The predicted molar refractivity (Wildman–Crippen MR) is 137 cm³/mol. The molecule has 2 aliphatic rings. The van der Waals surface area contributed by atoms with Crippen LogP contribution in [0.2, 0.25) is 0 Å². The van der Waals surface area contributed by atoms with Crippen molar-refractivity contribution in [2.24, 2.45) is 16.5 Å². The highest BCUT2D eigenvalue weighted by atomic mass is 32.2. The third-order valence-electron chi connectivity index (χ3n) is 5.38. The molecular formula is C15H28N7O15P3S. The number of phosphoric acid groups is 2. The Morgan fingerprint density at radius 1 is 1.22 bits per heavy atom. The zero-order chi connectivity index (χ0) is 30.8. The first-order chi connectivity index (χ1) is 18.9. The number of nitrogens with one attached hydrogen (secondary N) is 2. The average molecular weight is 671 g/mol. The maximum Gasteiger partial charge on any atom is 0.498 e. The Bertz CT molecular complexity index is 1260. The van der Waals surface area contributed by atoms with Crippen molar-refractivity contribution in [1.29, 1.82) is 0 Å². The van der Waals surface area contributed by atoms with Crippen LogP contribution in [0.1, 0.15) is 24.5 Å². The maximum absolute atomic E-state index is 12.6.